The summed E-state index contributed by atoms with van der Waals surface area (Å²) in [6, 6.07) is 23.0. The van der Waals surface area contributed by atoms with Crippen LogP contribution in [0.3, 0.4) is 0 Å². The molecular formula is C28H18F3N5O3S. The van der Waals surface area contributed by atoms with E-state index in [1.807, 2.05) is 12.1 Å². The van der Waals surface area contributed by atoms with Crippen LogP contribution in [-0.2, 0) is 17.7 Å². The summed E-state index contributed by atoms with van der Waals surface area (Å²) in [5.41, 5.74) is 3.83. The third-order valence-corrected chi connectivity index (χ3v) is 7.36. The van der Waals surface area contributed by atoms with Crippen LogP contribution in [0.15, 0.2) is 79.0 Å². The minimum atomic E-state index is -4.78. The van der Waals surface area contributed by atoms with Crippen molar-refractivity contribution in [2.45, 2.75) is 12.9 Å². The molecule has 1 aromatic heterocycles. The molecule has 40 heavy (non-hydrogen) atoms. The lowest BCUT2D eigenvalue weighted by Gasteiger charge is -2.18. The lowest BCUT2D eigenvalue weighted by Crippen LogP contribution is -2.28. The quantitative estimate of drug-likeness (QED) is 0.277. The second-order valence-corrected chi connectivity index (χ2v) is 10.0. The molecule has 5 rings (SSSR count). The Morgan fingerprint density at radius 3 is 2.33 bits per heavy atom. The normalized spacial score (nSPS) is 14.3. The van der Waals surface area contributed by atoms with Crippen LogP contribution in [-0.4, -0.2) is 22.6 Å². The predicted molar refractivity (Wildman–Crippen MR) is 141 cm³/mol. The first-order valence-corrected chi connectivity index (χ1v) is 12.7. The monoisotopic (exact) mass is 561 g/mol. The van der Waals surface area contributed by atoms with E-state index in [1.165, 1.54) is 36.5 Å². The van der Waals surface area contributed by atoms with Gasteiger partial charge in [0, 0.05) is 24.9 Å². The number of anilines is 2. The van der Waals surface area contributed by atoms with Gasteiger partial charge in [0.1, 0.15) is 29.0 Å². The summed E-state index contributed by atoms with van der Waals surface area (Å²) in [5.74, 6) is 0.524. The molecule has 200 valence electrons. The number of rotatable bonds is 6. The summed E-state index contributed by atoms with van der Waals surface area (Å²) in [4.78, 5) is 3.92. The van der Waals surface area contributed by atoms with Crippen LogP contribution in [0, 0.1) is 22.7 Å². The molecule has 1 aliphatic heterocycles. The molecule has 0 spiro atoms. The lowest BCUT2D eigenvalue weighted by molar-refractivity contribution is -0.274. The fourth-order valence-corrected chi connectivity index (χ4v) is 5.36. The zero-order valence-corrected chi connectivity index (χ0v) is 21.5. The number of hydrogen-bond acceptors (Lipinski definition) is 6. The van der Waals surface area contributed by atoms with Gasteiger partial charge in [0.25, 0.3) is 0 Å². The van der Waals surface area contributed by atoms with Gasteiger partial charge >= 0.3 is 6.36 Å². The van der Waals surface area contributed by atoms with Crippen molar-refractivity contribution in [3.63, 3.8) is 0 Å². The Kier molecular flexibility index (Phi) is 7.03. The lowest BCUT2D eigenvalue weighted by atomic mass is 9.99. The molecule has 12 heteroatoms. The second kappa shape index (κ2) is 10.6. The fraction of sp³-hybridized carbons (Fsp3) is 0.107. The van der Waals surface area contributed by atoms with E-state index in [-0.39, 0.29) is 18.0 Å². The number of hydrogen-bond donors (Lipinski definition) is 0. The van der Waals surface area contributed by atoms with Crippen LogP contribution in [0.5, 0.6) is 17.2 Å². The molecule has 0 radical (unpaired) electrons. The number of pyridine rings is 1. The van der Waals surface area contributed by atoms with Crippen LogP contribution in [0.2, 0.25) is 0 Å². The van der Waals surface area contributed by atoms with Crippen molar-refractivity contribution in [1.82, 2.24) is 4.98 Å². The third kappa shape index (κ3) is 5.53. The van der Waals surface area contributed by atoms with E-state index in [9.17, 15) is 22.6 Å². The molecule has 8 nitrogen and oxygen atoms in total. The molecule has 4 aromatic rings. The average molecular weight is 562 g/mol. The van der Waals surface area contributed by atoms with Crippen molar-refractivity contribution < 1.29 is 26.9 Å². The van der Waals surface area contributed by atoms with Gasteiger partial charge in [-0.05, 0) is 59.7 Å². The van der Waals surface area contributed by atoms with Crippen molar-refractivity contribution >= 4 is 22.5 Å². The van der Waals surface area contributed by atoms with Crippen LogP contribution in [0.4, 0.5) is 24.5 Å². The standard InChI is InChI=1S/C28H18F3N5O3S/c1-35-27-12-19(25-14-23(8-4-20(25)15-32)38-24-10-11-34-21(13-24)16-33)5-9-26(27)36(40(35)37)17-18-2-6-22(7-3-18)39-28(29,30)31/h2-14H,17H2,1H3. The number of ether oxygens (including phenoxy) is 2. The van der Waals surface area contributed by atoms with E-state index in [0.717, 1.165) is 0 Å². The SMILES string of the molecule is CN1c2cc(-c3cc(Oc4ccnc(C#N)c4)ccc3C#N)ccc2N(Cc2ccc(OC(F)(F)F)cc2)S1=O. The number of benzene rings is 3. The van der Waals surface area contributed by atoms with Crippen LogP contribution >= 0.6 is 0 Å². The molecule has 0 bridgehead atoms. The molecule has 3 aromatic carbocycles. The minimum Gasteiger partial charge on any atom is -0.457 e. The first-order valence-electron chi connectivity index (χ1n) is 11.7. The first kappa shape index (κ1) is 26.5. The van der Waals surface area contributed by atoms with E-state index in [0.29, 0.717) is 45.1 Å². The van der Waals surface area contributed by atoms with E-state index in [1.54, 1.807) is 52.1 Å². The highest BCUT2D eigenvalue weighted by Crippen LogP contribution is 2.42. The molecule has 1 unspecified atom stereocenters. The molecule has 0 saturated heterocycles. The summed E-state index contributed by atoms with van der Waals surface area (Å²) >= 11 is -1.60. The van der Waals surface area contributed by atoms with Crippen molar-refractivity contribution in [3.8, 4) is 40.5 Å². The average Bonchev–Trinajstić information content (AvgIpc) is 3.17. The van der Waals surface area contributed by atoms with Gasteiger partial charge in [-0.2, -0.15) is 10.5 Å². The van der Waals surface area contributed by atoms with Gasteiger partial charge in [-0.25, -0.2) is 9.19 Å². The van der Waals surface area contributed by atoms with Crippen LogP contribution < -0.4 is 18.1 Å². The smallest absolute Gasteiger partial charge is 0.457 e. The number of nitriles is 2. The highest BCUT2D eigenvalue weighted by molar-refractivity contribution is 7.88. The fourth-order valence-electron chi connectivity index (χ4n) is 4.17. The van der Waals surface area contributed by atoms with E-state index in [4.69, 9.17) is 10.00 Å². The Bertz CT molecular complexity index is 1700. The van der Waals surface area contributed by atoms with Crippen molar-refractivity contribution in [1.29, 1.82) is 10.5 Å². The van der Waals surface area contributed by atoms with Gasteiger partial charge in [0.15, 0.2) is 0 Å². The summed E-state index contributed by atoms with van der Waals surface area (Å²) in [6.45, 7) is 0.180. The summed E-state index contributed by atoms with van der Waals surface area (Å²) in [5, 5.41) is 18.8. The predicted octanol–water partition coefficient (Wildman–Crippen LogP) is 6.22. The van der Waals surface area contributed by atoms with Gasteiger partial charge in [-0.1, -0.05) is 18.2 Å². The molecule has 2 heterocycles. The Morgan fingerprint density at radius 2 is 1.62 bits per heavy atom. The van der Waals surface area contributed by atoms with Crippen molar-refractivity contribution in [2.75, 3.05) is 15.7 Å². The van der Waals surface area contributed by atoms with Gasteiger partial charge in [0.05, 0.1) is 29.6 Å². The van der Waals surface area contributed by atoms with Crippen molar-refractivity contribution in [2.24, 2.45) is 0 Å². The molecule has 0 N–H and O–H groups in total. The van der Waals surface area contributed by atoms with Crippen LogP contribution in [0.25, 0.3) is 11.1 Å². The molecule has 0 aliphatic carbocycles. The number of fused-ring (bicyclic) bond motifs is 1. The van der Waals surface area contributed by atoms with Crippen LogP contribution in [0.1, 0.15) is 16.8 Å². The maximum absolute atomic E-state index is 13.2. The maximum atomic E-state index is 13.2. The minimum absolute atomic E-state index is 0.180. The topological polar surface area (TPSA) is 102 Å². The third-order valence-electron chi connectivity index (χ3n) is 5.99. The first-order chi connectivity index (χ1) is 19.1. The zero-order chi connectivity index (χ0) is 28.4. The van der Waals surface area contributed by atoms with E-state index in [2.05, 4.69) is 15.8 Å². The number of halogens is 3. The molecule has 1 aliphatic rings. The highest BCUT2D eigenvalue weighted by Gasteiger charge is 2.33. The largest absolute Gasteiger partial charge is 0.573 e. The van der Waals surface area contributed by atoms with Gasteiger partial charge < -0.3 is 9.47 Å². The molecule has 0 amide bonds. The van der Waals surface area contributed by atoms with Crippen molar-refractivity contribution in [3.05, 3.63) is 95.8 Å². The van der Waals surface area contributed by atoms with E-state index < -0.39 is 17.5 Å². The zero-order valence-electron chi connectivity index (χ0n) is 20.7. The number of alkyl halides is 3. The Morgan fingerprint density at radius 1 is 0.900 bits per heavy atom. The number of aromatic nitrogens is 1. The van der Waals surface area contributed by atoms with Gasteiger partial charge in [0.2, 0.25) is 11.2 Å². The molecule has 0 fully saturated rings. The highest BCUT2D eigenvalue weighted by atomic mass is 32.2. The summed E-state index contributed by atoms with van der Waals surface area (Å²) < 4.78 is 63.6. The Hall–Kier alpha value is -5.07. The Labute approximate surface area is 229 Å². The summed E-state index contributed by atoms with van der Waals surface area (Å²) in [7, 11) is 1.67. The van der Waals surface area contributed by atoms with E-state index >= 15 is 0 Å². The van der Waals surface area contributed by atoms with Gasteiger partial charge in [-0.15, -0.1) is 13.2 Å². The Balaban J connectivity index is 1.42. The summed E-state index contributed by atoms with van der Waals surface area (Å²) in [6.07, 6.45) is -3.32. The second-order valence-electron chi connectivity index (χ2n) is 8.57. The molecular weight excluding hydrogens is 543 g/mol. The molecule has 0 saturated carbocycles. The maximum Gasteiger partial charge on any atom is 0.573 e. The number of nitrogens with zero attached hydrogens (tertiary/aromatic N) is 5. The molecule has 1 atom stereocenters. The van der Waals surface area contributed by atoms with Gasteiger partial charge in [-0.3, -0.25) is 8.61 Å².